The van der Waals surface area contributed by atoms with Gasteiger partial charge in [0.1, 0.15) is 11.6 Å². The van der Waals surface area contributed by atoms with Crippen LogP contribution in [0, 0.1) is 34.4 Å². The number of fused-ring (bicyclic) bond motifs is 3. The van der Waals surface area contributed by atoms with Crippen LogP contribution in [0.25, 0.3) is 0 Å². The normalized spacial score (nSPS) is 34.6. The van der Waals surface area contributed by atoms with Gasteiger partial charge in [-0.1, -0.05) is 37.3 Å². The van der Waals surface area contributed by atoms with Gasteiger partial charge in [0, 0.05) is 24.4 Å². The third-order valence-electron chi connectivity index (χ3n) is 8.83. The van der Waals surface area contributed by atoms with E-state index in [4.69, 9.17) is 4.74 Å². The Morgan fingerprint density at radius 3 is 2.76 bits per heavy atom. The second kappa shape index (κ2) is 9.40. The van der Waals surface area contributed by atoms with Crippen molar-refractivity contribution in [2.75, 3.05) is 19.6 Å². The van der Waals surface area contributed by atoms with Crippen LogP contribution in [0.2, 0.25) is 0 Å². The lowest BCUT2D eigenvalue weighted by atomic mass is 9.57. The van der Waals surface area contributed by atoms with E-state index in [1.54, 1.807) is 18.2 Å². The molecule has 2 saturated heterocycles. The maximum atomic E-state index is 13.8. The van der Waals surface area contributed by atoms with E-state index in [1.165, 1.54) is 24.6 Å². The molecule has 5 heteroatoms. The molecule has 180 valence electrons. The summed E-state index contributed by atoms with van der Waals surface area (Å²) in [6.45, 7) is 5.02. The van der Waals surface area contributed by atoms with Crippen molar-refractivity contribution in [1.82, 2.24) is 4.90 Å². The van der Waals surface area contributed by atoms with Crippen molar-refractivity contribution in [2.45, 2.75) is 63.1 Å². The van der Waals surface area contributed by atoms with Gasteiger partial charge in [-0.25, -0.2) is 8.78 Å². The number of likely N-dealkylation sites (tertiary alicyclic amines) is 1. The van der Waals surface area contributed by atoms with Crippen molar-refractivity contribution in [3.05, 3.63) is 71.9 Å². The molecule has 1 aromatic rings. The zero-order chi connectivity index (χ0) is 23.8. The predicted molar refractivity (Wildman–Crippen MR) is 129 cm³/mol. The highest BCUT2D eigenvalue weighted by atomic mass is 19.1. The Labute approximate surface area is 201 Å². The number of allylic oxidation sites excluding steroid dienone is 5. The minimum Gasteiger partial charge on any atom is -0.370 e. The average Bonchev–Trinajstić information content (AvgIpc) is 3.22. The summed E-state index contributed by atoms with van der Waals surface area (Å²) >= 11 is 0. The summed E-state index contributed by atoms with van der Waals surface area (Å²) in [7, 11) is 0. The SMILES string of the molecule is CC1(C(C#N)(CCCN2CCC3OC4C=CCCC4C3C2)c2ccc(F)cc2)C=CC(F)=CC1. The molecule has 6 unspecified atom stereocenters. The number of piperidine rings is 1. The quantitative estimate of drug-likeness (QED) is 0.468. The second-order valence-corrected chi connectivity index (χ2v) is 10.7. The van der Waals surface area contributed by atoms with Crippen molar-refractivity contribution in [3.63, 3.8) is 0 Å². The van der Waals surface area contributed by atoms with E-state index < -0.39 is 10.8 Å². The van der Waals surface area contributed by atoms with Gasteiger partial charge in [-0.15, -0.1) is 0 Å². The van der Waals surface area contributed by atoms with Gasteiger partial charge in [-0.3, -0.25) is 0 Å². The van der Waals surface area contributed by atoms with E-state index in [-0.39, 0.29) is 11.6 Å². The molecule has 2 fully saturated rings. The molecule has 2 aliphatic heterocycles. The molecule has 0 spiro atoms. The number of benzene rings is 1. The summed E-state index contributed by atoms with van der Waals surface area (Å²) in [6, 6.07) is 8.92. The standard InChI is InChI=1S/C29H34F2N2O/c1-28(15-11-23(31)12-16-28)29(20-32,21-7-9-22(30)10-8-21)14-4-17-33-18-13-27-25(19-33)24-5-2-3-6-26(24)34-27/h3,6-12,15,24-27H,2,4-5,13-14,16-19H2,1H3. The van der Waals surface area contributed by atoms with Gasteiger partial charge >= 0.3 is 0 Å². The van der Waals surface area contributed by atoms with Crippen LogP contribution in [-0.2, 0) is 10.2 Å². The number of ether oxygens (including phenoxy) is 1. The molecule has 0 N–H and O–H groups in total. The van der Waals surface area contributed by atoms with Crippen LogP contribution < -0.4 is 0 Å². The molecule has 2 aliphatic carbocycles. The monoisotopic (exact) mass is 464 g/mol. The molecular weight excluding hydrogens is 430 g/mol. The average molecular weight is 465 g/mol. The number of halogens is 2. The van der Waals surface area contributed by atoms with Crippen molar-refractivity contribution >= 4 is 0 Å². The molecule has 0 amide bonds. The first-order chi connectivity index (χ1) is 16.4. The van der Waals surface area contributed by atoms with Gasteiger partial charge in [0.25, 0.3) is 0 Å². The zero-order valence-electron chi connectivity index (χ0n) is 19.9. The Kier molecular flexibility index (Phi) is 6.48. The summed E-state index contributed by atoms with van der Waals surface area (Å²) in [5.41, 5.74) is -0.620. The van der Waals surface area contributed by atoms with Crippen LogP contribution >= 0.6 is 0 Å². The Hall–Kier alpha value is -2.29. The van der Waals surface area contributed by atoms with Gasteiger partial charge in [-0.2, -0.15) is 5.26 Å². The smallest absolute Gasteiger partial charge is 0.123 e. The lowest BCUT2D eigenvalue weighted by Crippen LogP contribution is -2.45. The summed E-state index contributed by atoms with van der Waals surface area (Å²) < 4.78 is 33.9. The third kappa shape index (κ3) is 4.16. The Bertz CT molecular complexity index is 1030. The fraction of sp³-hybridized carbons (Fsp3) is 0.552. The summed E-state index contributed by atoms with van der Waals surface area (Å²) in [5, 5.41) is 10.5. The van der Waals surface area contributed by atoms with E-state index in [1.807, 2.05) is 13.0 Å². The topological polar surface area (TPSA) is 36.3 Å². The highest BCUT2D eigenvalue weighted by molar-refractivity contribution is 5.41. The van der Waals surface area contributed by atoms with E-state index in [9.17, 15) is 14.0 Å². The zero-order valence-corrected chi connectivity index (χ0v) is 19.9. The van der Waals surface area contributed by atoms with Crippen LogP contribution in [0.3, 0.4) is 0 Å². The van der Waals surface area contributed by atoms with Crippen LogP contribution in [0.1, 0.15) is 51.0 Å². The van der Waals surface area contributed by atoms with Crippen molar-refractivity contribution in [1.29, 1.82) is 5.26 Å². The first-order valence-corrected chi connectivity index (χ1v) is 12.7. The van der Waals surface area contributed by atoms with E-state index in [0.717, 1.165) is 44.5 Å². The molecule has 6 atom stereocenters. The molecule has 3 nitrogen and oxygen atoms in total. The molecule has 0 aromatic heterocycles. The molecule has 4 aliphatic rings. The number of nitriles is 1. The highest BCUT2D eigenvalue weighted by Gasteiger charge is 2.49. The van der Waals surface area contributed by atoms with Gasteiger partial charge in [0.2, 0.25) is 0 Å². The molecule has 1 aromatic carbocycles. The number of nitrogens with zero attached hydrogens (tertiary/aromatic N) is 2. The van der Waals surface area contributed by atoms with E-state index in [2.05, 4.69) is 23.1 Å². The van der Waals surface area contributed by atoms with Crippen molar-refractivity contribution in [2.24, 2.45) is 17.3 Å². The minimum absolute atomic E-state index is 0.263. The van der Waals surface area contributed by atoms with Gasteiger partial charge in [0.15, 0.2) is 0 Å². The van der Waals surface area contributed by atoms with E-state index in [0.29, 0.717) is 36.9 Å². The van der Waals surface area contributed by atoms with Crippen LogP contribution in [0.15, 0.2) is 60.5 Å². The minimum atomic E-state index is -0.859. The number of hydrogen-bond acceptors (Lipinski definition) is 3. The fourth-order valence-electron chi connectivity index (χ4n) is 6.78. The van der Waals surface area contributed by atoms with Crippen LogP contribution in [-0.4, -0.2) is 36.7 Å². The first-order valence-electron chi connectivity index (χ1n) is 12.7. The number of rotatable bonds is 6. The Balaban J connectivity index is 1.31. The second-order valence-electron chi connectivity index (χ2n) is 10.7. The highest BCUT2D eigenvalue weighted by Crippen LogP contribution is 2.51. The summed E-state index contributed by atoms with van der Waals surface area (Å²) in [4.78, 5) is 2.54. The van der Waals surface area contributed by atoms with Crippen molar-refractivity contribution in [3.8, 4) is 6.07 Å². The third-order valence-corrected chi connectivity index (χ3v) is 8.83. The molecule has 0 radical (unpaired) electrons. The predicted octanol–water partition coefficient (Wildman–Crippen LogP) is 6.24. The maximum Gasteiger partial charge on any atom is 0.123 e. The van der Waals surface area contributed by atoms with Crippen LogP contribution in [0.4, 0.5) is 8.78 Å². The lowest BCUT2D eigenvalue weighted by Gasteiger charge is -2.44. The Morgan fingerprint density at radius 1 is 1.21 bits per heavy atom. The molecular formula is C29H34F2N2O. The summed E-state index contributed by atoms with van der Waals surface area (Å²) in [5.74, 6) is 0.640. The first kappa shape index (κ1) is 23.5. The Morgan fingerprint density at radius 2 is 2.03 bits per heavy atom. The van der Waals surface area contributed by atoms with Gasteiger partial charge in [-0.05, 0) is 80.8 Å². The molecule has 5 rings (SSSR count). The molecule has 2 heterocycles. The molecule has 0 bridgehead atoms. The van der Waals surface area contributed by atoms with E-state index >= 15 is 0 Å². The van der Waals surface area contributed by atoms with Crippen LogP contribution in [0.5, 0.6) is 0 Å². The molecule has 0 saturated carbocycles. The van der Waals surface area contributed by atoms with Crippen molar-refractivity contribution < 1.29 is 13.5 Å². The fourth-order valence-corrected chi connectivity index (χ4v) is 6.78. The lowest BCUT2D eigenvalue weighted by molar-refractivity contribution is 0.0148. The summed E-state index contributed by atoms with van der Waals surface area (Å²) in [6.07, 6.45) is 15.4. The number of hydrogen-bond donors (Lipinski definition) is 0. The maximum absolute atomic E-state index is 13.8. The molecule has 34 heavy (non-hydrogen) atoms. The van der Waals surface area contributed by atoms with Gasteiger partial charge in [0.05, 0.1) is 23.7 Å². The van der Waals surface area contributed by atoms with Gasteiger partial charge < -0.3 is 9.64 Å². The largest absolute Gasteiger partial charge is 0.370 e.